The minimum Gasteiger partial charge on any atom is -0.454 e. The van der Waals surface area contributed by atoms with Gasteiger partial charge in [-0.3, -0.25) is 0 Å². The summed E-state index contributed by atoms with van der Waals surface area (Å²) in [5.74, 6) is 3.17. The predicted molar refractivity (Wildman–Crippen MR) is 120 cm³/mol. The van der Waals surface area contributed by atoms with Crippen LogP contribution in [0.1, 0.15) is 46.5 Å². The fraction of sp³-hybridized carbons (Fsp3) is 0.542. The van der Waals surface area contributed by atoms with Crippen LogP contribution in [0.5, 0.6) is 0 Å². The zero-order valence-electron chi connectivity index (χ0n) is 18.2. The number of rotatable bonds is 9. The second kappa shape index (κ2) is 12.2. The van der Waals surface area contributed by atoms with Gasteiger partial charge >= 0.3 is 5.82 Å². The van der Waals surface area contributed by atoms with Crippen molar-refractivity contribution in [2.75, 3.05) is 33.0 Å². The number of nitrogens with one attached hydrogen (secondary N) is 1. The van der Waals surface area contributed by atoms with Crippen LogP contribution in [0.25, 0.3) is 4.85 Å². The van der Waals surface area contributed by atoms with E-state index in [1.807, 2.05) is 19.1 Å². The third kappa shape index (κ3) is 6.54. The molecular formula is C24H36N3O2+. The molecule has 0 aromatic carbocycles. The lowest BCUT2D eigenvalue weighted by Gasteiger charge is -2.26. The lowest BCUT2D eigenvalue weighted by atomic mass is 9.95. The lowest BCUT2D eigenvalue weighted by Crippen LogP contribution is -2.34. The molecule has 2 saturated heterocycles. The summed E-state index contributed by atoms with van der Waals surface area (Å²) in [6.07, 6.45) is 12.6. The highest BCUT2D eigenvalue weighted by Gasteiger charge is 2.27. The standard InChI is InChI=1S/C24H36N3O2/c1-6-11-22-24(29-18-28-22)21(9-4)16-26-15-20(8-3)14-23(25-5)27-13-10-12-19(7-2)17-27/h5,8-9,11,14,19,26H,4,6-7,10,12-13,15-18H2,1-3H3/q+1/b20-8+,22-11+,23-14+,24-21-. The summed E-state index contributed by atoms with van der Waals surface area (Å²) in [6, 6.07) is 0. The quantitative estimate of drug-likeness (QED) is 0.543. The lowest BCUT2D eigenvalue weighted by molar-refractivity contribution is 0.0969. The normalized spacial score (nSPS) is 23.4. The molecule has 0 radical (unpaired) electrons. The molecule has 5 heteroatoms. The van der Waals surface area contributed by atoms with Crippen LogP contribution in [0.4, 0.5) is 0 Å². The molecule has 2 heterocycles. The third-order valence-electron chi connectivity index (χ3n) is 5.45. The minimum atomic E-state index is 0.261. The SMILES string of the molecule is C#[N+]/C(=C\C(=C/C)CNC/C(C=C)=C1\OCO\C1=C\CC)N1CCCC(CC)C1. The molecule has 0 aromatic rings. The molecular weight excluding hydrogens is 362 g/mol. The predicted octanol–water partition coefficient (Wildman–Crippen LogP) is 5.19. The molecule has 0 spiro atoms. The Kier molecular flexibility index (Phi) is 9.59. The Balaban J connectivity index is 2.00. The highest BCUT2D eigenvalue weighted by Crippen LogP contribution is 2.25. The maximum absolute atomic E-state index is 5.73. The van der Waals surface area contributed by atoms with Crippen LogP contribution in [0.2, 0.25) is 0 Å². The summed E-state index contributed by atoms with van der Waals surface area (Å²) >= 11 is 0. The van der Waals surface area contributed by atoms with Gasteiger partial charge in [0.15, 0.2) is 11.5 Å². The molecule has 5 nitrogen and oxygen atoms in total. The van der Waals surface area contributed by atoms with Gasteiger partial charge in [-0.15, -0.1) is 0 Å². The number of nitrogens with zero attached hydrogens (tertiary/aromatic N) is 2. The van der Waals surface area contributed by atoms with E-state index in [1.54, 1.807) is 0 Å². The van der Waals surface area contributed by atoms with Crippen LogP contribution >= 0.6 is 0 Å². The largest absolute Gasteiger partial charge is 0.454 e. The van der Waals surface area contributed by atoms with Gasteiger partial charge in [0.1, 0.15) is 6.57 Å². The van der Waals surface area contributed by atoms with Gasteiger partial charge in [-0.25, -0.2) is 4.90 Å². The molecule has 0 bridgehead atoms. The zero-order chi connectivity index (χ0) is 21.1. The average molecular weight is 399 g/mol. The number of ether oxygens (including phenoxy) is 2. The van der Waals surface area contributed by atoms with E-state index >= 15 is 0 Å². The van der Waals surface area contributed by atoms with Gasteiger partial charge in [0.05, 0.1) is 19.2 Å². The first-order chi connectivity index (χ1) is 14.2. The molecule has 0 amide bonds. The Morgan fingerprint density at radius 3 is 2.83 bits per heavy atom. The van der Waals surface area contributed by atoms with E-state index in [1.165, 1.54) is 19.3 Å². The van der Waals surface area contributed by atoms with Gasteiger partial charge in [0.25, 0.3) is 0 Å². The first kappa shape index (κ1) is 22.8. The molecule has 1 atom stereocenters. The maximum Gasteiger partial charge on any atom is 0.380 e. The van der Waals surface area contributed by atoms with Crippen molar-refractivity contribution in [1.82, 2.24) is 10.2 Å². The van der Waals surface area contributed by atoms with Gasteiger partial charge in [-0.1, -0.05) is 32.6 Å². The van der Waals surface area contributed by atoms with Crippen LogP contribution in [-0.2, 0) is 9.47 Å². The summed E-state index contributed by atoms with van der Waals surface area (Å²) in [7, 11) is 0. The van der Waals surface area contributed by atoms with Crippen molar-refractivity contribution >= 4 is 0 Å². The Labute approximate surface area is 176 Å². The van der Waals surface area contributed by atoms with Gasteiger partial charge in [0.2, 0.25) is 6.79 Å². The summed E-state index contributed by atoms with van der Waals surface area (Å²) in [4.78, 5) is 6.38. The number of allylic oxidation sites excluding steroid dienone is 2. The van der Waals surface area contributed by atoms with E-state index in [9.17, 15) is 0 Å². The molecule has 2 fully saturated rings. The molecule has 29 heavy (non-hydrogen) atoms. The van der Waals surface area contributed by atoms with Crippen molar-refractivity contribution in [1.29, 1.82) is 0 Å². The fourth-order valence-electron chi connectivity index (χ4n) is 3.68. The van der Waals surface area contributed by atoms with Gasteiger partial charge in [-0.2, -0.15) is 4.85 Å². The van der Waals surface area contributed by atoms with Crippen molar-refractivity contribution in [2.45, 2.75) is 46.5 Å². The molecule has 0 saturated carbocycles. The summed E-state index contributed by atoms with van der Waals surface area (Å²) in [5, 5.41) is 3.47. The second-order valence-electron chi connectivity index (χ2n) is 7.40. The molecule has 1 unspecified atom stereocenters. The molecule has 2 aliphatic heterocycles. The molecule has 2 rings (SSSR count). The van der Waals surface area contributed by atoms with Crippen molar-refractivity contribution in [3.8, 4) is 6.57 Å². The summed E-state index contributed by atoms with van der Waals surface area (Å²) < 4.78 is 11.2. The van der Waals surface area contributed by atoms with Crippen LogP contribution in [0.3, 0.4) is 0 Å². The van der Waals surface area contributed by atoms with Crippen LogP contribution in [0, 0.1) is 12.5 Å². The van der Waals surface area contributed by atoms with Gasteiger partial charge < -0.3 is 14.8 Å². The molecule has 1 N–H and O–H groups in total. The molecule has 2 aliphatic rings. The van der Waals surface area contributed by atoms with Crippen LogP contribution < -0.4 is 5.32 Å². The molecule has 0 aromatic heterocycles. The van der Waals surface area contributed by atoms with E-state index in [-0.39, 0.29) is 6.79 Å². The van der Waals surface area contributed by atoms with Gasteiger partial charge in [-0.05, 0) is 50.2 Å². The first-order valence-corrected chi connectivity index (χ1v) is 10.7. The molecule has 0 aliphatic carbocycles. The monoisotopic (exact) mass is 398 g/mol. The highest BCUT2D eigenvalue weighted by atomic mass is 16.7. The van der Waals surface area contributed by atoms with Crippen LogP contribution in [-0.4, -0.2) is 37.9 Å². The van der Waals surface area contributed by atoms with Crippen LogP contribution in [0.15, 0.2) is 59.4 Å². The van der Waals surface area contributed by atoms with Crippen molar-refractivity contribution in [3.05, 3.63) is 64.2 Å². The smallest absolute Gasteiger partial charge is 0.380 e. The first-order valence-electron chi connectivity index (χ1n) is 10.7. The topological polar surface area (TPSA) is 38.1 Å². The van der Waals surface area contributed by atoms with Gasteiger partial charge in [0, 0.05) is 18.7 Å². The second-order valence-corrected chi connectivity index (χ2v) is 7.40. The van der Waals surface area contributed by atoms with E-state index < -0.39 is 0 Å². The number of hydrogen-bond acceptors (Lipinski definition) is 4. The third-order valence-corrected chi connectivity index (χ3v) is 5.45. The van der Waals surface area contributed by atoms with E-state index in [4.69, 9.17) is 16.0 Å². The Morgan fingerprint density at radius 2 is 2.17 bits per heavy atom. The average Bonchev–Trinajstić information content (AvgIpc) is 3.21. The van der Waals surface area contributed by atoms with Crippen molar-refractivity contribution < 1.29 is 9.47 Å². The maximum atomic E-state index is 5.73. The number of piperidine rings is 1. The van der Waals surface area contributed by atoms with E-state index in [0.717, 1.165) is 53.9 Å². The summed E-state index contributed by atoms with van der Waals surface area (Å²) in [5.41, 5.74) is 2.14. The van der Waals surface area contributed by atoms with Crippen molar-refractivity contribution in [3.63, 3.8) is 0 Å². The number of likely N-dealkylation sites (tertiary alicyclic amines) is 1. The Morgan fingerprint density at radius 1 is 1.34 bits per heavy atom. The van der Waals surface area contributed by atoms with Crippen molar-refractivity contribution in [2.24, 2.45) is 5.92 Å². The minimum absolute atomic E-state index is 0.261. The Hall–Kier alpha value is -2.45. The molecule has 158 valence electrons. The zero-order valence-corrected chi connectivity index (χ0v) is 18.2. The van der Waals surface area contributed by atoms with E-state index in [2.05, 4.69) is 47.6 Å². The van der Waals surface area contributed by atoms with E-state index in [0.29, 0.717) is 13.1 Å². The summed E-state index contributed by atoms with van der Waals surface area (Å²) in [6.45, 7) is 19.7. The fourth-order valence-corrected chi connectivity index (χ4v) is 3.68. The number of hydrogen-bond donors (Lipinski definition) is 1. The Bertz CT molecular complexity index is 725. The highest BCUT2D eigenvalue weighted by molar-refractivity contribution is 5.35.